The van der Waals surface area contributed by atoms with Crippen LogP contribution >= 0.6 is 24.0 Å². The average molecular weight is 494 g/mol. The van der Waals surface area contributed by atoms with Gasteiger partial charge >= 0.3 is 6.09 Å². The first-order valence-corrected chi connectivity index (χ1v) is 8.95. The van der Waals surface area contributed by atoms with Crippen LogP contribution in [0.5, 0.6) is 0 Å². The topological polar surface area (TPSA) is 74.8 Å². The number of rotatable bonds is 7. The van der Waals surface area contributed by atoms with Gasteiger partial charge in [0.05, 0.1) is 0 Å². The molecule has 0 unspecified atom stereocenters. The molecule has 0 bridgehead atoms. The summed E-state index contributed by atoms with van der Waals surface area (Å²) in [6.45, 7) is 11.6. The van der Waals surface area contributed by atoms with Crippen molar-refractivity contribution in [3.63, 3.8) is 0 Å². The van der Waals surface area contributed by atoms with Gasteiger partial charge in [0.2, 0.25) is 0 Å². The Morgan fingerprint density at radius 2 is 1.85 bits per heavy atom. The van der Waals surface area contributed by atoms with Crippen molar-refractivity contribution in [2.45, 2.75) is 46.6 Å². The second kappa shape index (κ2) is 12.7. The number of carbonyl (C=O) groups is 1. The van der Waals surface area contributed by atoms with Crippen LogP contribution in [0.1, 0.15) is 38.8 Å². The molecule has 0 aliphatic heterocycles. The minimum absolute atomic E-state index is 0. The molecular weight excluding hydrogens is 462 g/mol. The van der Waals surface area contributed by atoms with Crippen LogP contribution in [0.25, 0.3) is 0 Å². The quantitative estimate of drug-likeness (QED) is 0.235. The molecule has 27 heavy (non-hydrogen) atoms. The van der Waals surface area contributed by atoms with Gasteiger partial charge in [-0.3, -0.25) is 4.99 Å². The number of guanidine groups is 1. The van der Waals surface area contributed by atoms with Crippen molar-refractivity contribution in [3.05, 3.63) is 35.1 Å². The molecule has 0 saturated carbocycles. The van der Waals surface area contributed by atoms with Crippen molar-refractivity contribution < 1.29 is 13.9 Å². The van der Waals surface area contributed by atoms with Crippen molar-refractivity contribution in [2.24, 2.45) is 4.99 Å². The van der Waals surface area contributed by atoms with Gasteiger partial charge in [0.1, 0.15) is 11.4 Å². The van der Waals surface area contributed by atoms with E-state index in [1.807, 2.05) is 34.6 Å². The normalized spacial score (nSPS) is 11.4. The summed E-state index contributed by atoms with van der Waals surface area (Å²) in [5.74, 6) is 0.459. The monoisotopic (exact) mass is 494 g/mol. The van der Waals surface area contributed by atoms with E-state index in [2.05, 4.69) is 20.9 Å². The van der Waals surface area contributed by atoms with E-state index >= 15 is 0 Å². The van der Waals surface area contributed by atoms with Gasteiger partial charge in [0.15, 0.2) is 5.96 Å². The summed E-state index contributed by atoms with van der Waals surface area (Å²) in [6.07, 6.45) is 0.298. The number of benzene rings is 1. The highest BCUT2D eigenvalue weighted by molar-refractivity contribution is 14.0. The van der Waals surface area contributed by atoms with E-state index in [1.165, 1.54) is 12.1 Å². The van der Waals surface area contributed by atoms with E-state index in [9.17, 15) is 9.18 Å². The van der Waals surface area contributed by atoms with Gasteiger partial charge in [-0.2, -0.15) is 0 Å². The van der Waals surface area contributed by atoms with Crippen LogP contribution in [0, 0.1) is 12.7 Å². The lowest BCUT2D eigenvalue weighted by molar-refractivity contribution is 0.0529. The fraction of sp³-hybridized carbons (Fsp3) is 0.579. The molecule has 154 valence electrons. The fourth-order valence-electron chi connectivity index (χ4n) is 2.23. The van der Waals surface area contributed by atoms with Crippen molar-refractivity contribution >= 4 is 36.0 Å². The number of ether oxygens (including phenoxy) is 1. The Bertz CT molecular complexity index is 618. The van der Waals surface area contributed by atoms with Gasteiger partial charge in [0, 0.05) is 26.2 Å². The Hall–Kier alpha value is -1.58. The van der Waals surface area contributed by atoms with Gasteiger partial charge in [-0.25, -0.2) is 9.18 Å². The molecule has 0 spiro atoms. The molecule has 8 heteroatoms. The Kier molecular flexibility index (Phi) is 12.0. The number of amides is 1. The Labute approximate surface area is 178 Å². The lowest BCUT2D eigenvalue weighted by Gasteiger charge is -2.19. The number of halogens is 2. The molecule has 0 heterocycles. The van der Waals surface area contributed by atoms with Gasteiger partial charge in [-0.1, -0.05) is 6.07 Å². The Balaban J connectivity index is 0.00000676. The number of aryl methyl sites for hydroxylation is 1. The first kappa shape index (κ1) is 25.4. The standard InChI is InChI=1S/C19H31FN4O2.HI/c1-6-21-17(23-11-12-24-18(25)26-19(3,4)5)22-10-9-15-7-8-16(20)13-14(15)2;/h7-8,13H,6,9-12H2,1-5H3,(H,24,25)(H2,21,22,23);1H. The number of carbonyl (C=O) groups excluding carboxylic acids is 1. The van der Waals surface area contributed by atoms with Crippen LogP contribution in [-0.4, -0.2) is 43.8 Å². The molecule has 6 nitrogen and oxygen atoms in total. The zero-order valence-electron chi connectivity index (χ0n) is 16.8. The highest BCUT2D eigenvalue weighted by Gasteiger charge is 2.15. The lowest BCUT2D eigenvalue weighted by Crippen LogP contribution is -2.42. The van der Waals surface area contributed by atoms with E-state index in [4.69, 9.17) is 4.74 Å². The molecule has 1 amide bonds. The number of hydrogen-bond acceptors (Lipinski definition) is 3. The van der Waals surface area contributed by atoms with E-state index in [0.717, 1.165) is 24.1 Å². The van der Waals surface area contributed by atoms with Crippen LogP contribution in [0.15, 0.2) is 23.2 Å². The summed E-state index contributed by atoms with van der Waals surface area (Å²) in [5.41, 5.74) is 1.50. The molecule has 1 rings (SSSR count). The maximum absolute atomic E-state index is 13.1. The zero-order valence-corrected chi connectivity index (χ0v) is 19.1. The fourth-order valence-corrected chi connectivity index (χ4v) is 2.23. The van der Waals surface area contributed by atoms with Crippen LogP contribution < -0.4 is 16.0 Å². The zero-order chi connectivity index (χ0) is 19.6. The van der Waals surface area contributed by atoms with E-state index < -0.39 is 11.7 Å². The average Bonchev–Trinajstić information content (AvgIpc) is 2.51. The molecular formula is C19H32FIN4O2. The smallest absolute Gasteiger partial charge is 0.407 e. The van der Waals surface area contributed by atoms with Crippen molar-refractivity contribution in [1.82, 2.24) is 16.0 Å². The Morgan fingerprint density at radius 1 is 1.19 bits per heavy atom. The number of hydrogen-bond donors (Lipinski definition) is 3. The summed E-state index contributed by atoms with van der Waals surface area (Å²) >= 11 is 0. The molecule has 3 N–H and O–H groups in total. The highest BCUT2D eigenvalue weighted by Crippen LogP contribution is 2.10. The molecule has 0 aromatic heterocycles. The first-order valence-electron chi connectivity index (χ1n) is 8.95. The summed E-state index contributed by atoms with van der Waals surface area (Å²) in [4.78, 5) is 16.1. The van der Waals surface area contributed by atoms with Crippen LogP contribution in [-0.2, 0) is 11.2 Å². The third-order valence-electron chi connectivity index (χ3n) is 3.39. The first-order chi connectivity index (χ1) is 12.2. The minimum atomic E-state index is -0.508. The third-order valence-corrected chi connectivity index (χ3v) is 3.39. The van der Waals surface area contributed by atoms with Crippen LogP contribution in [0.4, 0.5) is 9.18 Å². The second-order valence-corrected chi connectivity index (χ2v) is 6.94. The molecule has 1 aromatic carbocycles. The number of aliphatic imine (C=N–C) groups is 1. The summed E-state index contributed by atoms with van der Waals surface area (Å²) in [7, 11) is 0. The maximum Gasteiger partial charge on any atom is 0.407 e. The largest absolute Gasteiger partial charge is 0.444 e. The van der Waals surface area contributed by atoms with Crippen molar-refractivity contribution in [2.75, 3.05) is 26.2 Å². The van der Waals surface area contributed by atoms with Gasteiger partial charge in [-0.05, 0) is 64.3 Å². The van der Waals surface area contributed by atoms with Crippen molar-refractivity contribution in [1.29, 1.82) is 0 Å². The highest BCUT2D eigenvalue weighted by atomic mass is 127. The van der Waals surface area contributed by atoms with E-state index in [0.29, 0.717) is 25.6 Å². The third kappa shape index (κ3) is 11.7. The predicted octanol–water partition coefficient (Wildman–Crippen LogP) is 3.37. The summed E-state index contributed by atoms with van der Waals surface area (Å²) in [6, 6.07) is 4.80. The SMILES string of the molecule is CCNC(=NCCc1ccc(F)cc1C)NCCNC(=O)OC(C)(C)C.I. The van der Waals surface area contributed by atoms with E-state index in [-0.39, 0.29) is 29.8 Å². The molecule has 0 aliphatic rings. The minimum Gasteiger partial charge on any atom is -0.444 e. The molecule has 1 aromatic rings. The molecule has 0 fully saturated rings. The molecule has 0 radical (unpaired) electrons. The maximum atomic E-state index is 13.1. The molecule has 0 saturated heterocycles. The van der Waals surface area contributed by atoms with E-state index in [1.54, 1.807) is 6.07 Å². The van der Waals surface area contributed by atoms with Gasteiger partial charge < -0.3 is 20.7 Å². The summed E-state index contributed by atoms with van der Waals surface area (Å²) in [5, 5.41) is 9.00. The van der Waals surface area contributed by atoms with Gasteiger partial charge in [0.25, 0.3) is 0 Å². The number of nitrogens with one attached hydrogen (secondary N) is 3. The van der Waals surface area contributed by atoms with Crippen LogP contribution in [0.3, 0.4) is 0 Å². The lowest BCUT2D eigenvalue weighted by atomic mass is 10.1. The van der Waals surface area contributed by atoms with Crippen molar-refractivity contribution in [3.8, 4) is 0 Å². The number of alkyl carbamates (subject to hydrolysis) is 1. The molecule has 0 atom stereocenters. The summed E-state index contributed by atoms with van der Waals surface area (Å²) < 4.78 is 18.3. The van der Waals surface area contributed by atoms with Gasteiger partial charge in [-0.15, -0.1) is 24.0 Å². The predicted molar refractivity (Wildman–Crippen MR) is 118 cm³/mol. The van der Waals surface area contributed by atoms with Crippen LogP contribution in [0.2, 0.25) is 0 Å². The Morgan fingerprint density at radius 3 is 2.44 bits per heavy atom. The number of nitrogens with zero attached hydrogens (tertiary/aromatic N) is 1. The molecule has 0 aliphatic carbocycles. The second-order valence-electron chi connectivity index (χ2n) is 6.94.